The SMILES string of the molecule is B[C@]1(Cl)[C@H](O)[C@@H](COP(=O)(N[C@@H](C)C(=O)OCC(C)(C)O)Oc2ccccc2)O[C@H]1n1ccc(=O)[nH]c1=O. The van der Waals surface area contributed by atoms with E-state index in [2.05, 4.69) is 10.1 Å². The van der Waals surface area contributed by atoms with Crippen molar-refractivity contribution in [2.45, 2.75) is 55.6 Å². The second kappa shape index (κ2) is 11.7. The molecule has 2 aromatic rings. The van der Waals surface area contributed by atoms with Crippen LogP contribution in [0.3, 0.4) is 0 Å². The van der Waals surface area contributed by atoms with Crippen molar-refractivity contribution in [2.24, 2.45) is 0 Å². The number of hydrogen-bond acceptors (Lipinski definition) is 10. The molecular weight excluding hydrogens is 543 g/mol. The molecule has 1 unspecified atom stereocenters. The Hall–Kier alpha value is -2.45. The summed E-state index contributed by atoms with van der Waals surface area (Å²) in [5.74, 6) is -0.663. The number of aromatic amines is 1. The summed E-state index contributed by atoms with van der Waals surface area (Å²) < 4.78 is 35.1. The molecule has 0 radical (unpaired) electrons. The van der Waals surface area contributed by atoms with E-state index in [9.17, 15) is 29.2 Å². The highest BCUT2D eigenvalue weighted by molar-refractivity contribution is 7.52. The molecule has 6 atom stereocenters. The van der Waals surface area contributed by atoms with Gasteiger partial charge in [0.05, 0.1) is 23.1 Å². The Kier molecular flexibility index (Phi) is 9.30. The second-order valence-corrected chi connectivity index (χ2v) is 12.1. The van der Waals surface area contributed by atoms with Gasteiger partial charge in [-0.15, -0.1) is 11.6 Å². The first kappa shape index (κ1) is 30.1. The fourth-order valence-corrected chi connectivity index (χ4v) is 5.31. The minimum Gasteiger partial charge on any atom is -0.461 e. The van der Waals surface area contributed by atoms with E-state index in [1.807, 2.05) is 0 Å². The van der Waals surface area contributed by atoms with E-state index in [1.54, 1.807) is 18.2 Å². The zero-order valence-electron chi connectivity index (χ0n) is 21.2. The van der Waals surface area contributed by atoms with E-state index >= 15 is 0 Å². The second-order valence-electron chi connectivity index (χ2n) is 9.61. The molecule has 1 fully saturated rings. The van der Waals surface area contributed by atoms with Crippen LogP contribution in [0.2, 0.25) is 0 Å². The van der Waals surface area contributed by atoms with E-state index in [0.29, 0.717) is 0 Å². The summed E-state index contributed by atoms with van der Waals surface area (Å²) >= 11 is 6.52. The number of ether oxygens (including phenoxy) is 2. The summed E-state index contributed by atoms with van der Waals surface area (Å²) in [5.41, 5.74) is -2.70. The number of para-hydroxylation sites is 1. The standard InChI is InChI=1S/C22H30BClN3O10P/c1-13(18(30)34-12-21(2,3)32)26-38(33,37-14-7-5-4-6-8-14)35-11-15-17(29)22(23,24)19(36-15)27-10-9-16(28)25-20(27)31/h4-10,13,15,17,19,29,32H,11-12,23H2,1-3H3,(H,26,33)(H,25,28,31)/t13-,15+,17+,19+,22-,38?/m0/s1. The summed E-state index contributed by atoms with van der Waals surface area (Å²) in [6.45, 7) is 3.45. The number of aliphatic hydroxyl groups excluding tert-OH is 1. The first-order valence-electron chi connectivity index (χ1n) is 11.6. The Morgan fingerprint density at radius 3 is 2.61 bits per heavy atom. The topological polar surface area (TPSA) is 178 Å². The zero-order chi connectivity index (χ0) is 28.3. The van der Waals surface area contributed by atoms with Gasteiger partial charge in [-0.25, -0.2) is 9.36 Å². The normalized spacial score (nSPS) is 25.9. The summed E-state index contributed by atoms with van der Waals surface area (Å²) in [6.07, 6.45) is -2.63. The van der Waals surface area contributed by atoms with Crippen LogP contribution < -0.4 is 20.9 Å². The van der Waals surface area contributed by atoms with Crippen LogP contribution in [-0.4, -0.2) is 75.4 Å². The fraction of sp³-hybridized carbons (Fsp3) is 0.500. The van der Waals surface area contributed by atoms with Crippen molar-refractivity contribution >= 4 is 33.2 Å². The molecule has 4 N–H and O–H groups in total. The maximum Gasteiger partial charge on any atom is 0.459 e. The van der Waals surface area contributed by atoms with Gasteiger partial charge in [-0.2, -0.15) is 5.09 Å². The van der Waals surface area contributed by atoms with Crippen molar-refractivity contribution < 1.29 is 38.1 Å². The minimum absolute atomic E-state index is 0.160. The summed E-state index contributed by atoms with van der Waals surface area (Å²) in [4.78, 5) is 38.2. The molecule has 3 rings (SSSR count). The third-order valence-corrected chi connectivity index (χ3v) is 7.53. The van der Waals surface area contributed by atoms with Gasteiger partial charge in [0, 0.05) is 12.3 Å². The number of carbonyl (C=O) groups excluding carboxylic acids is 1. The monoisotopic (exact) mass is 573 g/mol. The van der Waals surface area contributed by atoms with Crippen LogP contribution in [0.5, 0.6) is 5.75 Å². The van der Waals surface area contributed by atoms with Gasteiger partial charge >= 0.3 is 19.4 Å². The van der Waals surface area contributed by atoms with Crippen molar-refractivity contribution in [3.05, 3.63) is 63.4 Å². The van der Waals surface area contributed by atoms with Crippen LogP contribution in [-0.2, 0) is 23.4 Å². The Bertz CT molecular complexity index is 1280. The number of rotatable bonds is 11. The smallest absolute Gasteiger partial charge is 0.459 e. The molecule has 13 nitrogen and oxygen atoms in total. The number of alkyl halides is 1. The molecule has 1 saturated heterocycles. The Balaban J connectivity index is 1.78. The highest BCUT2D eigenvalue weighted by Crippen LogP contribution is 2.47. The lowest BCUT2D eigenvalue weighted by atomic mass is 9.79. The molecule has 0 aliphatic carbocycles. The van der Waals surface area contributed by atoms with Crippen LogP contribution in [0.1, 0.15) is 27.0 Å². The minimum atomic E-state index is -4.31. The van der Waals surface area contributed by atoms with Gasteiger partial charge in [-0.05, 0) is 32.9 Å². The van der Waals surface area contributed by atoms with Gasteiger partial charge in [0.1, 0.15) is 32.3 Å². The molecule has 0 spiro atoms. The quantitative estimate of drug-likeness (QED) is 0.122. The van der Waals surface area contributed by atoms with Gasteiger partial charge in [0.15, 0.2) is 6.23 Å². The third-order valence-electron chi connectivity index (χ3n) is 5.47. The van der Waals surface area contributed by atoms with Gasteiger partial charge in [0.25, 0.3) is 5.56 Å². The zero-order valence-corrected chi connectivity index (χ0v) is 22.8. The highest BCUT2D eigenvalue weighted by atomic mass is 35.5. The van der Waals surface area contributed by atoms with Crippen molar-refractivity contribution in [2.75, 3.05) is 13.2 Å². The maximum absolute atomic E-state index is 13.7. The molecule has 208 valence electrons. The molecule has 16 heteroatoms. The number of nitrogens with one attached hydrogen (secondary N) is 2. The van der Waals surface area contributed by atoms with Crippen LogP contribution in [0, 0.1) is 0 Å². The van der Waals surface area contributed by atoms with Gasteiger partial charge in [-0.1, -0.05) is 18.2 Å². The van der Waals surface area contributed by atoms with Crippen LogP contribution in [0.15, 0.2) is 52.2 Å². The predicted molar refractivity (Wildman–Crippen MR) is 139 cm³/mol. The van der Waals surface area contributed by atoms with Crippen molar-refractivity contribution in [3.8, 4) is 5.75 Å². The number of H-pyrrole nitrogens is 1. The van der Waals surface area contributed by atoms with Gasteiger partial charge in [-0.3, -0.25) is 23.7 Å². The maximum atomic E-state index is 13.7. The molecule has 0 bridgehead atoms. The molecule has 2 heterocycles. The number of halogens is 1. The molecule has 1 aliphatic rings. The largest absolute Gasteiger partial charge is 0.461 e. The van der Waals surface area contributed by atoms with E-state index in [4.69, 9.17) is 30.1 Å². The van der Waals surface area contributed by atoms with E-state index in [-0.39, 0.29) is 12.4 Å². The lowest BCUT2D eigenvalue weighted by Crippen LogP contribution is -2.45. The number of nitrogens with zero attached hydrogens (tertiary/aromatic N) is 1. The number of aliphatic hydroxyl groups is 2. The van der Waals surface area contributed by atoms with E-state index in [0.717, 1.165) is 10.6 Å². The molecule has 1 aliphatic heterocycles. The Morgan fingerprint density at radius 2 is 2.00 bits per heavy atom. The molecule has 0 amide bonds. The number of benzene rings is 1. The van der Waals surface area contributed by atoms with Crippen LogP contribution >= 0.6 is 19.3 Å². The predicted octanol–water partition coefficient (Wildman–Crippen LogP) is -0.141. The first-order chi connectivity index (χ1) is 17.6. The van der Waals surface area contributed by atoms with Gasteiger partial charge < -0.3 is 24.2 Å². The third kappa shape index (κ3) is 7.57. The summed E-state index contributed by atoms with van der Waals surface area (Å²) in [7, 11) is -2.88. The van der Waals surface area contributed by atoms with Gasteiger partial charge in [0.2, 0.25) is 0 Å². The number of hydrogen-bond donors (Lipinski definition) is 4. The lowest BCUT2D eigenvalue weighted by Gasteiger charge is -2.27. The number of carbonyl (C=O) groups is 1. The van der Waals surface area contributed by atoms with Crippen LogP contribution in [0.4, 0.5) is 0 Å². The van der Waals surface area contributed by atoms with Crippen molar-refractivity contribution in [1.29, 1.82) is 0 Å². The van der Waals surface area contributed by atoms with Crippen molar-refractivity contribution in [3.63, 3.8) is 0 Å². The van der Waals surface area contributed by atoms with Crippen molar-refractivity contribution in [1.82, 2.24) is 14.6 Å². The van der Waals surface area contributed by atoms with Crippen LogP contribution in [0.25, 0.3) is 0 Å². The lowest BCUT2D eigenvalue weighted by molar-refractivity contribution is -0.151. The molecule has 38 heavy (non-hydrogen) atoms. The Labute approximate surface area is 224 Å². The average Bonchev–Trinajstić information content (AvgIpc) is 3.04. The van der Waals surface area contributed by atoms with E-state index < -0.39 is 66.4 Å². The number of esters is 1. The molecule has 1 aromatic heterocycles. The molecule has 0 saturated carbocycles. The average molecular weight is 574 g/mol. The first-order valence-corrected chi connectivity index (χ1v) is 13.5. The number of aromatic nitrogens is 2. The van der Waals surface area contributed by atoms with E-state index in [1.165, 1.54) is 46.9 Å². The highest BCUT2D eigenvalue weighted by Gasteiger charge is 2.53. The Morgan fingerprint density at radius 1 is 1.34 bits per heavy atom. The fourth-order valence-electron chi connectivity index (χ4n) is 3.51. The molecule has 1 aromatic carbocycles. The molecular formula is C22H30BClN3O10P. The summed E-state index contributed by atoms with van der Waals surface area (Å²) in [6, 6.07) is 7.93. The summed E-state index contributed by atoms with van der Waals surface area (Å²) in [5, 5.41) is 23.1.